The van der Waals surface area contributed by atoms with Crippen molar-refractivity contribution in [1.29, 1.82) is 0 Å². The fraction of sp³-hybridized carbons (Fsp3) is 0.500. The summed E-state index contributed by atoms with van der Waals surface area (Å²) in [4.78, 5) is 30.5. The maximum absolute atomic E-state index is 10.3. The van der Waals surface area contributed by atoms with E-state index in [4.69, 9.17) is 20.4 Å². The van der Waals surface area contributed by atoms with Crippen LogP contribution in [0.2, 0.25) is 0 Å². The van der Waals surface area contributed by atoms with Crippen LogP contribution in [0.5, 0.6) is 0 Å². The molecule has 0 aliphatic carbocycles. The van der Waals surface area contributed by atoms with Gasteiger partial charge in [-0.2, -0.15) is 0 Å². The van der Waals surface area contributed by atoms with E-state index in [1.54, 1.807) is 0 Å². The Labute approximate surface area is 149 Å². The number of aliphatic hydroxyl groups is 1. The molecule has 0 heterocycles. The van der Waals surface area contributed by atoms with Crippen LogP contribution in [-0.2, 0) is 14.4 Å². The van der Waals surface area contributed by atoms with Crippen LogP contribution in [0.4, 0.5) is 0 Å². The number of carbonyl (C=O) groups is 3. The molecule has 0 aromatic carbocycles. The molecule has 0 radical (unpaired) electrons. The van der Waals surface area contributed by atoms with Gasteiger partial charge in [-0.3, -0.25) is 9.59 Å². The topological polar surface area (TPSA) is 290 Å². The molecular weight excluding hydrogens is 303 g/mol. The summed E-state index contributed by atoms with van der Waals surface area (Å²) in [6.07, 6.45) is -2.29. The molecule has 0 bridgehead atoms. The molecule has 0 amide bonds. The Bertz CT molecular complexity index is 237. The Kier molecular flexibility index (Phi) is 40.1. The molecule has 0 aliphatic heterocycles. The zero-order valence-electron chi connectivity index (χ0n) is 8.93. The molecule has 0 aliphatic rings. The fourth-order valence-corrected chi connectivity index (χ4v) is 0.714. The van der Waals surface area contributed by atoms with Crippen molar-refractivity contribution in [2.75, 3.05) is 0 Å². The second kappa shape index (κ2) is 17.8. The summed E-state index contributed by atoms with van der Waals surface area (Å²) < 4.78 is 0. The Morgan fingerprint density at radius 3 is 1.05 bits per heavy atom. The van der Waals surface area contributed by atoms with Gasteiger partial charge in [0.25, 0.3) is 0 Å². The van der Waals surface area contributed by atoms with Gasteiger partial charge in [0, 0.05) is 0 Å². The zero-order valence-corrected chi connectivity index (χ0v) is 8.93. The van der Waals surface area contributed by atoms with E-state index >= 15 is 0 Å². The van der Waals surface area contributed by atoms with Crippen molar-refractivity contribution in [2.45, 2.75) is 18.4 Å². The molecule has 0 saturated carbocycles. The van der Waals surface area contributed by atoms with Crippen molar-refractivity contribution in [1.82, 2.24) is 0 Å². The summed E-state index contributed by atoms with van der Waals surface area (Å²) in [7, 11) is 0. The zero-order chi connectivity index (χ0) is 10.6. The van der Waals surface area contributed by atoms with Gasteiger partial charge < -0.3 is 47.8 Å². The summed E-state index contributed by atoms with van der Waals surface area (Å²) in [5.74, 6) is -5.02. The van der Waals surface area contributed by atoms with Gasteiger partial charge in [0.1, 0.15) is 0 Å². The second-order valence-corrected chi connectivity index (χ2v) is 2.48. The van der Waals surface area contributed by atoms with Gasteiger partial charge in [-0.1, -0.05) is 0 Å². The van der Waals surface area contributed by atoms with Gasteiger partial charge in [-0.05, 0) is 0 Å². The third kappa shape index (κ3) is 17.8. The minimum atomic E-state index is -2.74. The Morgan fingerprint density at radius 1 is 0.737 bits per heavy atom. The predicted molar refractivity (Wildman–Crippen MR) is 62.3 cm³/mol. The van der Waals surface area contributed by atoms with Crippen molar-refractivity contribution >= 4 is 69.3 Å². The van der Waals surface area contributed by atoms with Gasteiger partial charge >= 0.3 is 69.3 Å². The van der Waals surface area contributed by atoms with Crippen LogP contribution < -0.4 is 0 Å². The molecule has 0 fully saturated rings. The molecule has 14 N–H and O–H groups in total. The first-order chi connectivity index (χ1) is 5.78. The van der Waals surface area contributed by atoms with Crippen LogP contribution in [0.15, 0.2) is 0 Å². The van der Waals surface area contributed by atoms with Crippen LogP contribution in [0.3, 0.4) is 0 Å². The van der Waals surface area contributed by atoms with E-state index in [-0.39, 0.29) is 78.8 Å². The minimum absolute atomic E-state index is 0. The van der Waals surface area contributed by atoms with E-state index in [0.717, 1.165) is 0 Å². The Balaban J connectivity index is -0.0000000480. The number of rotatable bonds is 5. The summed E-state index contributed by atoms with van der Waals surface area (Å²) in [6.45, 7) is 0. The van der Waals surface area contributed by atoms with Gasteiger partial charge in [0.15, 0.2) is 5.60 Å². The first-order valence-electron chi connectivity index (χ1n) is 3.17. The van der Waals surface area contributed by atoms with E-state index in [2.05, 4.69) is 0 Å². The quantitative estimate of drug-likeness (QED) is 0.354. The number of carboxylic acid groups (broad SMARTS) is 3. The number of carboxylic acids is 3. The molecule has 0 saturated heterocycles. The summed E-state index contributed by atoms with van der Waals surface area (Å²) in [6, 6.07) is 0. The maximum atomic E-state index is 10.3. The van der Waals surface area contributed by atoms with Crippen molar-refractivity contribution in [3.8, 4) is 0 Å². The van der Waals surface area contributed by atoms with Crippen molar-refractivity contribution < 1.29 is 62.2 Å². The van der Waals surface area contributed by atoms with Gasteiger partial charge in [-0.25, -0.2) is 4.79 Å². The van der Waals surface area contributed by atoms with E-state index in [1.165, 1.54) is 0 Å². The van der Waals surface area contributed by atoms with Crippen LogP contribution in [0.25, 0.3) is 0 Å². The van der Waals surface area contributed by atoms with Crippen LogP contribution >= 0.6 is 0 Å². The first-order valence-corrected chi connectivity index (χ1v) is 3.17. The summed E-state index contributed by atoms with van der Waals surface area (Å²) in [5.41, 5.74) is -2.74. The van der Waals surface area contributed by atoms with Crippen LogP contribution in [0.1, 0.15) is 12.8 Å². The third-order valence-corrected chi connectivity index (χ3v) is 1.29. The van der Waals surface area contributed by atoms with Gasteiger partial charge in [0.05, 0.1) is 12.8 Å². The predicted octanol–water partition coefficient (Wildman–Crippen LogP) is -6.02. The molecule has 0 atom stereocenters. The molecule has 13 heteroatoms. The normalized spacial score (nSPS) is 7.42. The number of hydrogen-bond acceptors (Lipinski definition) is 4. The number of aliphatic carboxylic acids is 3. The fourth-order valence-electron chi connectivity index (χ4n) is 0.714. The molecule has 0 aromatic rings. The van der Waals surface area contributed by atoms with E-state index in [0.29, 0.717) is 0 Å². The molecule has 0 rings (SSSR count). The average molecular weight is 322 g/mol. The van der Waals surface area contributed by atoms with Crippen molar-refractivity contribution in [3.63, 3.8) is 0 Å². The van der Waals surface area contributed by atoms with E-state index in [9.17, 15) is 14.4 Å². The third-order valence-electron chi connectivity index (χ3n) is 1.29. The molecule has 116 valence electrons. The first kappa shape index (κ1) is 42.8. The molecule has 0 spiro atoms. The molecule has 19 heavy (non-hydrogen) atoms. The van der Waals surface area contributed by atoms with Crippen LogP contribution in [0, 0.1) is 0 Å². The monoisotopic (exact) mass is 322 g/mol. The number of hydrogen-bond donors (Lipinski definition) is 4. The van der Waals surface area contributed by atoms with Crippen LogP contribution in [-0.4, -0.2) is 123 Å². The SMILES string of the molecule is O.O.O.O.O.O=C(O)CC(O)(CC(=O)O)C(=O)O.[KH]. The summed E-state index contributed by atoms with van der Waals surface area (Å²) >= 11 is 0. The molecular formula is C6H19KO12. The van der Waals surface area contributed by atoms with E-state index in [1.807, 2.05) is 0 Å². The van der Waals surface area contributed by atoms with Gasteiger partial charge in [0.2, 0.25) is 0 Å². The Morgan fingerprint density at radius 2 is 0.947 bits per heavy atom. The van der Waals surface area contributed by atoms with Crippen molar-refractivity contribution in [3.05, 3.63) is 0 Å². The van der Waals surface area contributed by atoms with Gasteiger partial charge in [-0.15, -0.1) is 0 Å². The molecule has 0 aromatic heterocycles. The summed E-state index contributed by atoms with van der Waals surface area (Å²) in [5, 5.41) is 33.8. The molecule has 0 unspecified atom stereocenters. The standard InChI is InChI=1S/C6H8O7.K.5H2O.H/c7-3(8)1-6(13,5(11)12)2-4(9)10;;;;;;;/h13H,1-2H2,(H,7,8)(H,9,10)(H,11,12);;5*1H2;. The molecule has 12 nitrogen and oxygen atoms in total. The second-order valence-electron chi connectivity index (χ2n) is 2.48. The van der Waals surface area contributed by atoms with Crippen molar-refractivity contribution in [2.24, 2.45) is 0 Å². The Hall–Kier alpha value is -0.194. The average Bonchev–Trinajstić information content (AvgIpc) is 1.82. The van der Waals surface area contributed by atoms with E-state index < -0.39 is 36.4 Å².